The quantitative estimate of drug-likeness (QED) is 0.632. The Kier molecular flexibility index (Phi) is 3.85. The summed E-state index contributed by atoms with van der Waals surface area (Å²) in [4.78, 5) is 33.5. The Morgan fingerprint density at radius 1 is 1.56 bits per heavy atom. The molecular formula is C11H15N3O4. The predicted molar refractivity (Wildman–Crippen MR) is 65.4 cm³/mol. The summed E-state index contributed by atoms with van der Waals surface area (Å²) in [5, 5.41) is 10.9. The molecule has 0 fully saturated rings. The fourth-order valence-corrected chi connectivity index (χ4v) is 1.74. The number of amides is 1. The molecule has 7 heteroatoms. The van der Waals surface area contributed by atoms with Crippen molar-refractivity contribution in [3.63, 3.8) is 0 Å². The first-order valence-electron chi connectivity index (χ1n) is 5.44. The van der Waals surface area contributed by atoms with Crippen LogP contribution in [0.15, 0.2) is 11.0 Å². The van der Waals surface area contributed by atoms with Gasteiger partial charge >= 0.3 is 0 Å². The van der Waals surface area contributed by atoms with Gasteiger partial charge in [-0.15, -0.1) is 0 Å². The van der Waals surface area contributed by atoms with Gasteiger partial charge < -0.3 is 10.3 Å². The minimum Gasteiger partial charge on any atom is -0.365 e. The topological polar surface area (TPSA) is 108 Å². The SMILES string of the molecule is Cc1c([N+](=O)[O-])cn(CC(C)C)c(=O)c1C(N)=O. The largest absolute Gasteiger partial charge is 0.365 e. The number of carbonyl (C=O) groups is 1. The van der Waals surface area contributed by atoms with Gasteiger partial charge in [0.15, 0.2) is 0 Å². The molecule has 0 saturated carbocycles. The number of rotatable bonds is 4. The highest BCUT2D eigenvalue weighted by Crippen LogP contribution is 2.18. The van der Waals surface area contributed by atoms with E-state index in [9.17, 15) is 19.7 Å². The molecular weight excluding hydrogens is 238 g/mol. The fourth-order valence-electron chi connectivity index (χ4n) is 1.74. The Morgan fingerprint density at radius 2 is 2.11 bits per heavy atom. The first-order chi connectivity index (χ1) is 8.25. The molecule has 7 nitrogen and oxygen atoms in total. The van der Waals surface area contributed by atoms with Crippen molar-refractivity contribution in [2.45, 2.75) is 27.3 Å². The Bertz CT molecular complexity index is 560. The van der Waals surface area contributed by atoms with Crippen molar-refractivity contribution in [3.8, 4) is 0 Å². The van der Waals surface area contributed by atoms with Crippen molar-refractivity contribution in [2.75, 3.05) is 0 Å². The van der Waals surface area contributed by atoms with Crippen molar-refractivity contribution < 1.29 is 9.72 Å². The molecule has 0 aromatic carbocycles. The monoisotopic (exact) mass is 253 g/mol. The molecule has 0 aliphatic heterocycles. The van der Waals surface area contributed by atoms with E-state index in [0.29, 0.717) is 6.54 Å². The molecule has 0 aliphatic rings. The van der Waals surface area contributed by atoms with Gasteiger partial charge in [-0.1, -0.05) is 13.8 Å². The second kappa shape index (κ2) is 4.99. The van der Waals surface area contributed by atoms with Gasteiger partial charge in [0.1, 0.15) is 5.56 Å². The summed E-state index contributed by atoms with van der Waals surface area (Å²) < 4.78 is 1.16. The zero-order valence-electron chi connectivity index (χ0n) is 10.5. The van der Waals surface area contributed by atoms with Crippen LogP contribution in [0.1, 0.15) is 29.8 Å². The summed E-state index contributed by atoms with van der Waals surface area (Å²) >= 11 is 0. The fraction of sp³-hybridized carbons (Fsp3) is 0.455. The molecule has 0 aliphatic carbocycles. The number of primary amides is 1. The molecule has 18 heavy (non-hydrogen) atoms. The average molecular weight is 253 g/mol. The first-order valence-corrected chi connectivity index (χ1v) is 5.44. The van der Waals surface area contributed by atoms with Crippen molar-refractivity contribution >= 4 is 11.6 Å². The van der Waals surface area contributed by atoms with E-state index in [2.05, 4.69) is 0 Å². The number of carbonyl (C=O) groups excluding carboxylic acids is 1. The molecule has 0 bridgehead atoms. The molecule has 0 unspecified atom stereocenters. The third-order valence-corrected chi connectivity index (χ3v) is 2.52. The van der Waals surface area contributed by atoms with Gasteiger partial charge in [-0.25, -0.2) is 0 Å². The van der Waals surface area contributed by atoms with Gasteiger partial charge in [0, 0.05) is 12.1 Å². The van der Waals surface area contributed by atoms with E-state index in [-0.39, 0.29) is 22.7 Å². The van der Waals surface area contributed by atoms with Crippen molar-refractivity contribution in [1.29, 1.82) is 0 Å². The lowest BCUT2D eigenvalue weighted by atomic mass is 10.1. The van der Waals surface area contributed by atoms with E-state index in [0.717, 1.165) is 10.8 Å². The van der Waals surface area contributed by atoms with E-state index in [1.54, 1.807) is 0 Å². The van der Waals surface area contributed by atoms with Gasteiger partial charge in [0.25, 0.3) is 17.2 Å². The highest BCUT2D eigenvalue weighted by atomic mass is 16.6. The predicted octanol–water partition coefficient (Wildman–Crippen LogP) is 0.820. The third-order valence-electron chi connectivity index (χ3n) is 2.52. The number of aromatic nitrogens is 1. The molecule has 98 valence electrons. The minimum atomic E-state index is -0.946. The molecule has 0 saturated heterocycles. The van der Waals surface area contributed by atoms with Crippen LogP contribution in [0.3, 0.4) is 0 Å². The van der Waals surface area contributed by atoms with Crippen LogP contribution in [0.5, 0.6) is 0 Å². The Morgan fingerprint density at radius 3 is 2.50 bits per heavy atom. The van der Waals surface area contributed by atoms with Crippen LogP contribution in [0.25, 0.3) is 0 Å². The summed E-state index contributed by atoms with van der Waals surface area (Å²) in [6.45, 7) is 5.36. The molecule has 1 rings (SSSR count). The number of hydrogen-bond donors (Lipinski definition) is 1. The standard InChI is InChI=1S/C11H15N3O4/c1-6(2)4-13-5-8(14(17)18)7(3)9(10(12)15)11(13)16/h5-6H,4H2,1-3H3,(H2,12,15). The van der Waals surface area contributed by atoms with Crippen molar-refractivity contribution in [1.82, 2.24) is 4.57 Å². The molecule has 1 aromatic rings. The molecule has 0 radical (unpaired) electrons. The average Bonchev–Trinajstić information content (AvgIpc) is 2.20. The van der Waals surface area contributed by atoms with Gasteiger partial charge in [0.05, 0.1) is 11.1 Å². The van der Waals surface area contributed by atoms with E-state index in [1.165, 1.54) is 6.92 Å². The van der Waals surface area contributed by atoms with E-state index >= 15 is 0 Å². The van der Waals surface area contributed by atoms with Crippen LogP contribution in [0.4, 0.5) is 5.69 Å². The number of nitro groups is 1. The van der Waals surface area contributed by atoms with Gasteiger partial charge in [-0.2, -0.15) is 0 Å². The summed E-state index contributed by atoms with van der Waals surface area (Å²) in [5.74, 6) is -0.829. The number of nitrogens with two attached hydrogens (primary N) is 1. The molecule has 1 amide bonds. The number of hydrogen-bond acceptors (Lipinski definition) is 4. The number of pyridine rings is 1. The third kappa shape index (κ3) is 2.55. The summed E-state index contributed by atoms with van der Waals surface area (Å²) in [6.07, 6.45) is 1.16. The lowest BCUT2D eigenvalue weighted by Crippen LogP contribution is -2.32. The number of nitrogens with zero attached hydrogens (tertiary/aromatic N) is 2. The second-order valence-corrected chi connectivity index (χ2v) is 4.49. The highest BCUT2D eigenvalue weighted by molar-refractivity contribution is 5.94. The van der Waals surface area contributed by atoms with E-state index < -0.39 is 16.4 Å². The lowest BCUT2D eigenvalue weighted by molar-refractivity contribution is -0.386. The molecule has 1 heterocycles. The van der Waals surface area contributed by atoms with Crippen molar-refractivity contribution in [3.05, 3.63) is 37.8 Å². The first kappa shape index (κ1) is 13.9. The minimum absolute atomic E-state index is 0.0116. The molecule has 2 N–H and O–H groups in total. The van der Waals surface area contributed by atoms with Gasteiger partial charge in [-0.3, -0.25) is 19.7 Å². The smallest absolute Gasteiger partial charge is 0.289 e. The Hall–Kier alpha value is -2.18. The van der Waals surface area contributed by atoms with Crippen LogP contribution in [-0.2, 0) is 6.54 Å². The molecule has 0 spiro atoms. The molecule has 1 aromatic heterocycles. The summed E-state index contributed by atoms with van der Waals surface area (Å²) in [5.41, 5.74) is 3.95. The maximum absolute atomic E-state index is 12.0. The van der Waals surface area contributed by atoms with Crippen LogP contribution >= 0.6 is 0 Å². The van der Waals surface area contributed by atoms with Gasteiger partial charge in [-0.05, 0) is 12.8 Å². The highest BCUT2D eigenvalue weighted by Gasteiger charge is 2.23. The van der Waals surface area contributed by atoms with E-state index in [1.807, 2.05) is 13.8 Å². The van der Waals surface area contributed by atoms with E-state index in [4.69, 9.17) is 5.73 Å². The molecule has 0 atom stereocenters. The van der Waals surface area contributed by atoms with Gasteiger partial charge in [0.2, 0.25) is 0 Å². The van der Waals surface area contributed by atoms with Crippen LogP contribution in [0.2, 0.25) is 0 Å². The van der Waals surface area contributed by atoms with Crippen LogP contribution in [0, 0.1) is 23.0 Å². The zero-order valence-corrected chi connectivity index (χ0v) is 10.5. The normalized spacial score (nSPS) is 10.7. The van der Waals surface area contributed by atoms with Crippen LogP contribution in [-0.4, -0.2) is 15.4 Å². The van der Waals surface area contributed by atoms with Crippen molar-refractivity contribution in [2.24, 2.45) is 11.7 Å². The maximum atomic E-state index is 12.0. The Balaban J connectivity index is 3.61. The lowest BCUT2D eigenvalue weighted by Gasteiger charge is -2.11. The maximum Gasteiger partial charge on any atom is 0.289 e. The van der Waals surface area contributed by atoms with Crippen LogP contribution < -0.4 is 11.3 Å². The zero-order chi connectivity index (χ0) is 14.0. The Labute approximate surface area is 103 Å². The second-order valence-electron chi connectivity index (χ2n) is 4.49. The summed E-state index contributed by atoms with van der Waals surface area (Å²) in [7, 11) is 0. The summed E-state index contributed by atoms with van der Waals surface area (Å²) in [6, 6.07) is 0.